The van der Waals surface area contributed by atoms with Crippen molar-refractivity contribution in [2.45, 2.75) is 36.9 Å². The second-order valence-electron chi connectivity index (χ2n) is 5.48. The number of nitrogens with zero attached hydrogens (tertiary/aromatic N) is 3. The molecule has 0 aliphatic carbocycles. The van der Waals surface area contributed by atoms with E-state index >= 15 is 0 Å². The molecule has 0 bridgehead atoms. The van der Waals surface area contributed by atoms with Crippen molar-refractivity contribution in [2.75, 3.05) is 26.2 Å². The molecule has 7 nitrogen and oxygen atoms in total. The maximum atomic E-state index is 12.7. The minimum absolute atomic E-state index is 0.159. The molecule has 3 rings (SSSR count). The average Bonchev–Trinajstić information content (AvgIpc) is 3.03. The summed E-state index contributed by atoms with van der Waals surface area (Å²) in [5.41, 5.74) is 6.14. The Labute approximate surface area is 119 Å². The van der Waals surface area contributed by atoms with E-state index in [1.807, 2.05) is 0 Å². The Balaban J connectivity index is 1.87. The van der Waals surface area contributed by atoms with Crippen LogP contribution in [0.25, 0.3) is 0 Å². The molecule has 8 heteroatoms. The molecule has 2 fully saturated rings. The van der Waals surface area contributed by atoms with E-state index in [-0.39, 0.29) is 11.6 Å². The third kappa shape index (κ3) is 2.37. The van der Waals surface area contributed by atoms with Gasteiger partial charge in [0.25, 0.3) is 10.0 Å². The normalized spacial score (nSPS) is 25.6. The highest BCUT2D eigenvalue weighted by Gasteiger charge is 2.35. The highest BCUT2D eigenvalue weighted by molar-refractivity contribution is 7.89. The van der Waals surface area contributed by atoms with Crippen LogP contribution in [0.15, 0.2) is 11.2 Å². The monoisotopic (exact) mass is 299 g/mol. The van der Waals surface area contributed by atoms with E-state index < -0.39 is 10.0 Å². The van der Waals surface area contributed by atoms with Gasteiger partial charge in [-0.1, -0.05) is 0 Å². The molecule has 1 unspecified atom stereocenters. The molecule has 0 aromatic carbocycles. The predicted octanol–water partition coefficient (Wildman–Crippen LogP) is -0.273. The molecule has 0 amide bonds. The summed E-state index contributed by atoms with van der Waals surface area (Å²) >= 11 is 0. The van der Waals surface area contributed by atoms with Crippen LogP contribution in [0.2, 0.25) is 0 Å². The van der Waals surface area contributed by atoms with Crippen LogP contribution in [0.5, 0.6) is 0 Å². The van der Waals surface area contributed by atoms with E-state index in [2.05, 4.69) is 15.1 Å². The number of aromatic nitrogens is 2. The van der Waals surface area contributed by atoms with Crippen molar-refractivity contribution in [3.05, 3.63) is 11.8 Å². The molecule has 2 saturated heterocycles. The van der Waals surface area contributed by atoms with Crippen LogP contribution in [0.1, 0.15) is 24.8 Å². The van der Waals surface area contributed by atoms with Crippen molar-refractivity contribution in [1.29, 1.82) is 0 Å². The highest BCUT2D eigenvalue weighted by Crippen LogP contribution is 2.25. The van der Waals surface area contributed by atoms with Gasteiger partial charge in [0, 0.05) is 31.2 Å². The molecule has 0 radical (unpaired) electrons. The van der Waals surface area contributed by atoms with Gasteiger partial charge in [0.05, 0.1) is 6.20 Å². The van der Waals surface area contributed by atoms with Crippen LogP contribution >= 0.6 is 0 Å². The first-order valence-electron chi connectivity index (χ1n) is 7.09. The summed E-state index contributed by atoms with van der Waals surface area (Å²) in [5.74, 6) is 0. The SMILES string of the molecule is NCc1cn[nH]c1S(=O)(=O)N1CCCN2CCCC2C1. The van der Waals surface area contributed by atoms with Crippen molar-refractivity contribution in [3.8, 4) is 0 Å². The number of H-pyrrole nitrogens is 1. The van der Waals surface area contributed by atoms with Crippen molar-refractivity contribution in [3.63, 3.8) is 0 Å². The summed E-state index contributed by atoms with van der Waals surface area (Å²) in [6.07, 6.45) is 4.61. The molecule has 2 aliphatic heterocycles. The molecule has 0 saturated carbocycles. The van der Waals surface area contributed by atoms with E-state index in [9.17, 15) is 8.42 Å². The number of aromatic amines is 1. The number of nitrogens with two attached hydrogens (primary N) is 1. The fourth-order valence-electron chi connectivity index (χ4n) is 3.19. The fourth-order valence-corrected chi connectivity index (χ4v) is 4.82. The standard InChI is InChI=1S/C12H21N5O2S/c13-7-10-8-14-15-12(10)20(18,19)17-6-2-5-16-4-1-3-11(16)9-17/h8,11H,1-7,9,13H2,(H,14,15). The number of rotatable bonds is 3. The summed E-state index contributed by atoms with van der Waals surface area (Å²) in [5, 5.41) is 6.58. The third-order valence-electron chi connectivity index (χ3n) is 4.26. The van der Waals surface area contributed by atoms with Gasteiger partial charge in [-0.3, -0.25) is 10.00 Å². The summed E-state index contributed by atoms with van der Waals surface area (Å²) in [7, 11) is -3.51. The smallest absolute Gasteiger partial charge is 0.260 e. The Hall–Kier alpha value is -0.960. The molecular formula is C12H21N5O2S. The lowest BCUT2D eigenvalue weighted by Gasteiger charge is -2.25. The minimum atomic E-state index is -3.51. The first kappa shape index (κ1) is 14.0. The summed E-state index contributed by atoms with van der Waals surface area (Å²) in [6, 6.07) is 0.358. The predicted molar refractivity (Wildman–Crippen MR) is 74.4 cm³/mol. The molecule has 1 aromatic heterocycles. The lowest BCUT2D eigenvalue weighted by molar-refractivity contribution is 0.257. The van der Waals surface area contributed by atoms with Crippen molar-refractivity contribution in [1.82, 2.24) is 19.4 Å². The number of nitrogens with one attached hydrogen (secondary N) is 1. The van der Waals surface area contributed by atoms with Crippen LogP contribution in [-0.4, -0.2) is 60.0 Å². The number of hydrogen-bond acceptors (Lipinski definition) is 5. The first-order valence-corrected chi connectivity index (χ1v) is 8.53. The van der Waals surface area contributed by atoms with Gasteiger partial charge in [-0.05, 0) is 32.4 Å². The van der Waals surface area contributed by atoms with Crippen molar-refractivity contribution in [2.24, 2.45) is 5.73 Å². The number of hydrogen-bond donors (Lipinski definition) is 2. The zero-order chi connectivity index (χ0) is 14.2. The molecule has 20 heavy (non-hydrogen) atoms. The van der Waals surface area contributed by atoms with Gasteiger partial charge in [-0.15, -0.1) is 0 Å². The van der Waals surface area contributed by atoms with Gasteiger partial charge in [0.2, 0.25) is 0 Å². The zero-order valence-corrected chi connectivity index (χ0v) is 12.3. The van der Waals surface area contributed by atoms with Crippen LogP contribution in [0, 0.1) is 0 Å². The quantitative estimate of drug-likeness (QED) is 0.801. The Bertz CT molecular complexity index is 570. The molecule has 1 aromatic rings. The lowest BCUT2D eigenvalue weighted by atomic mass is 10.2. The van der Waals surface area contributed by atoms with E-state index in [1.165, 1.54) is 6.20 Å². The average molecular weight is 299 g/mol. The summed E-state index contributed by atoms with van der Waals surface area (Å²) in [4.78, 5) is 2.41. The minimum Gasteiger partial charge on any atom is -0.326 e. The van der Waals surface area contributed by atoms with Crippen molar-refractivity contribution < 1.29 is 8.42 Å². The van der Waals surface area contributed by atoms with Gasteiger partial charge in [-0.25, -0.2) is 8.42 Å². The topological polar surface area (TPSA) is 95.3 Å². The van der Waals surface area contributed by atoms with Gasteiger partial charge in [0.15, 0.2) is 5.03 Å². The highest BCUT2D eigenvalue weighted by atomic mass is 32.2. The van der Waals surface area contributed by atoms with Crippen LogP contribution in [-0.2, 0) is 16.6 Å². The Morgan fingerprint density at radius 1 is 1.35 bits per heavy atom. The molecular weight excluding hydrogens is 278 g/mol. The third-order valence-corrected chi connectivity index (χ3v) is 6.14. The number of sulfonamides is 1. The Morgan fingerprint density at radius 3 is 2.95 bits per heavy atom. The second kappa shape index (κ2) is 5.44. The molecule has 3 heterocycles. The fraction of sp³-hybridized carbons (Fsp3) is 0.750. The van der Waals surface area contributed by atoms with E-state index in [1.54, 1.807) is 4.31 Å². The van der Waals surface area contributed by atoms with Gasteiger partial charge >= 0.3 is 0 Å². The summed E-state index contributed by atoms with van der Waals surface area (Å²) < 4.78 is 27.1. The molecule has 2 aliphatic rings. The van der Waals surface area contributed by atoms with Crippen LogP contribution in [0.4, 0.5) is 0 Å². The first-order chi connectivity index (χ1) is 9.63. The maximum absolute atomic E-state index is 12.7. The van der Waals surface area contributed by atoms with Crippen LogP contribution < -0.4 is 5.73 Å². The lowest BCUT2D eigenvalue weighted by Crippen LogP contribution is -2.40. The Kier molecular flexibility index (Phi) is 3.80. The van der Waals surface area contributed by atoms with Crippen molar-refractivity contribution >= 4 is 10.0 Å². The zero-order valence-electron chi connectivity index (χ0n) is 11.5. The van der Waals surface area contributed by atoms with Crippen LogP contribution in [0.3, 0.4) is 0 Å². The summed E-state index contributed by atoms with van der Waals surface area (Å²) in [6.45, 7) is 3.40. The van der Waals surface area contributed by atoms with Gasteiger partial charge < -0.3 is 5.73 Å². The van der Waals surface area contributed by atoms with E-state index in [0.29, 0.717) is 24.7 Å². The number of fused-ring (bicyclic) bond motifs is 1. The van der Waals surface area contributed by atoms with Gasteiger partial charge in [-0.2, -0.15) is 9.40 Å². The molecule has 0 spiro atoms. The van der Waals surface area contributed by atoms with E-state index in [4.69, 9.17) is 5.73 Å². The maximum Gasteiger partial charge on any atom is 0.260 e. The second-order valence-corrected chi connectivity index (χ2v) is 7.35. The molecule has 1 atom stereocenters. The molecule has 112 valence electrons. The molecule has 3 N–H and O–H groups in total. The largest absolute Gasteiger partial charge is 0.326 e. The van der Waals surface area contributed by atoms with E-state index in [0.717, 1.165) is 32.4 Å². The van der Waals surface area contributed by atoms with Gasteiger partial charge in [0.1, 0.15) is 0 Å². The Morgan fingerprint density at radius 2 is 2.15 bits per heavy atom.